The maximum Gasteiger partial charge on any atom is 0.262 e. The minimum atomic E-state index is -0.157. The lowest BCUT2D eigenvalue weighted by atomic mass is 10.1. The quantitative estimate of drug-likeness (QED) is 0.723. The Balaban J connectivity index is 1.50. The Morgan fingerprint density at radius 2 is 2.33 bits per heavy atom. The van der Waals surface area contributed by atoms with E-state index in [2.05, 4.69) is 10.1 Å². The van der Waals surface area contributed by atoms with Crippen LogP contribution in [0.5, 0.6) is 0 Å². The molecule has 0 N–H and O–H groups in total. The number of nitrogens with zero attached hydrogens (tertiary/aromatic N) is 5. The van der Waals surface area contributed by atoms with Crippen LogP contribution in [0.2, 0.25) is 0 Å². The molecule has 8 heteroatoms. The van der Waals surface area contributed by atoms with Crippen molar-refractivity contribution < 1.29 is 4.79 Å². The summed E-state index contributed by atoms with van der Waals surface area (Å²) in [6.07, 6.45) is 7.09. The average Bonchev–Trinajstić information content (AvgIpc) is 3.29. The van der Waals surface area contributed by atoms with Crippen molar-refractivity contribution in [2.45, 2.75) is 25.4 Å². The molecule has 1 amide bonds. The third-order valence-corrected chi connectivity index (χ3v) is 5.22. The van der Waals surface area contributed by atoms with Crippen molar-refractivity contribution in [2.75, 3.05) is 13.1 Å². The first-order chi connectivity index (χ1) is 11.7. The van der Waals surface area contributed by atoms with Gasteiger partial charge in [-0.05, 0) is 30.4 Å². The third-order valence-electron chi connectivity index (χ3n) is 4.40. The number of amides is 1. The lowest BCUT2D eigenvalue weighted by Gasteiger charge is -2.33. The van der Waals surface area contributed by atoms with Crippen LogP contribution in [0.3, 0.4) is 0 Å². The lowest BCUT2D eigenvalue weighted by Crippen LogP contribution is -2.43. The molecule has 0 aromatic carbocycles. The van der Waals surface area contributed by atoms with Crippen LogP contribution < -0.4 is 5.56 Å². The van der Waals surface area contributed by atoms with Crippen molar-refractivity contribution in [3.63, 3.8) is 0 Å². The number of fused-ring (bicyclic) bond motifs is 1. The summed E-state index contributed by atoms with van der Waals surface area (Å²) >= 11 is 1.43. The van der Waals surface area contributed by atoms with Gasteiger partial charge in [-0.25, -0.2) is 4.98 Å². The summed E-state index contributed by atoms with van der Waals surface area (Å²) in [6.45, 7) is 1.38. The van der Waals surface area contributed by atoms with Crippen molar-refractivity contribution in [1.82, 2.24) is 24.2 Å². The summed E-state index contributed by atoms with van der Waals surface area (Å²) in [4.78, 5) is 31.8. The lowest BCUT2D eigenvalue weighted by molar-refractivity contribution is -0.133. The van der Waals surface area contributed by atoms with Crippen molar-refractivity contribution in [1.29, 1.82) is 0 Å². The summed E-state index contributed by atoms with van der Waals surface area (Å²) in [6, 6.07) is 3.85. The van der Waals surface area contributed by atoms with Gasteiger partial charge >= 0.3 is 0 Å². The number of hydrogen-bond acceptors (Lipinski definition) is 5. The van der Waals surface area contributed by atoms with Crippen LogP contribution in [0.1, 0.15) is 18.9 Å². The molecule has 7 nitrogen and oxygen atoms in total. The number of aromatic nitrogens is 4. The molecule has 3 aromatic rings. The van der Waals surface area contributed by atoms with Gasteiger partial charge in [0.2, 0.25) is 5.91 Å². The van der Waals surface area contributed by atoms with Crippen LogP contribution in [-0.2, 0) is 11.3 Å². The number of rotatable bonds is 3. The summed E-state index contributed by atoms with van der Waals surface area (Å²) in [5.74, 6) is -0.0506. The Bertz CT molecular complexity index is 914. The fraction of sp³-hybridized carbons (Fsp3) is 0.375. The highest BCUT2D eigenvalue weighted by Gasteiger charge is 2.25. The number of carbonyl (C=O) groups is 1. The second-order valence-corrected chi connectivity index (χ2v) is 6.83. The SMILES string of the molecule is O=C(Cn1cnc2sccc2c1=O)N1CCC[C@H](n2cccn2)C1. The van der Waals surface area contributed by atoms with E-state index in [0.717, 1.165) is 19.4 Å². The molecule has 0 bridgehead atoms. The van der Waals surface area contributed by atoms with Crippen LogP contribution in [0.25, 0.3) is 10.2 Å². The van der Waals surface area contributed by atoms with E-state index in [0.29, 0.717) is 16.8 Å². The first kappa shape index (κ1) is 15.1. The molecule has 24 heavy (non-hydrogen) atoms. The highest BCUT2D eigenvalue weighted by molar-refractivity contribution is 7.16. The number of likely N-dealkylation sites (tertiary alicyclic amines) is 1. The molecular formula is C16H17N5O2S. The maximum atomic E-state index is 12.6. The molecule has 3 aromatic heterocycles. The Morgan fingerprint density at radius 3 is 3.17 bits per heavy atom. The molecular weight excluding hydrogens is 326 g/mol. The summed E-state index contributed by atoms with van der Waals surface area (Å²) in [5, 5.41) is 6.69. The van der Waals surface area contributed by atoms with Crippen LogP contribution in [0.4, 0.5) is 0 Å². The molecule has 4 rings (SSSR count). The average molecular weight is 343 g/mol. The molecule has 0 radical (unpaired) electrons. The third kappa shape index (κ3) is 2.73. The van der Waals surface area contributed by atoms with Gasteiger partial charge in [0.25, 0.3) is 5.56 Å². The molecule has 1 atom stereocenters. The van der Waals surface area contributed by atoms with Gasteiger partial charge in [-0.2, -0.15) is 5.10 Å². The largest absolute Gasteiger partial charge is 0.339 e. The Labute approximate surface area is 142 Å². The van der Waals surface area contributed by atoms with Gasteiger partial charge in [0.15, 0.2) is 0 Å². The van der Waals surface area contributed by atoms with Gasteiger partial charge in [0, 0.05) is 25.5 Å². The Morgan fingerprint density at radius 1 is 1.42 bits per heavy atom. The van der Waals surface area contributed by atoms with Crippen LogP contribution in [0.15, 0.2) is 41.0 Å². The highest BCUT2D eigenvalue weighted by atomic mass is 32.1. The van der Waals surface area contributed by atoms with Crippen molar-refractivity contribution in [2.24, 2.45) is 0 Å². The Kier molecular flexibility index (Phi) is 3.89. The molecule has 1 aliphatic rings. The predicted octanol–water partition coefficient (Wildman–Crippen LogP) is 1.52. The first-order valence-corrected chi connectivity index (χ1v) is 8.80. The highest BCUT2D eigenvalue weighted by Crippen LogP contribution is 2.21. The van der Waals surface area contributed by atoms with Crippen molar-refractivity contribution in [3.8, 4) is 0 Å². The maximum absolute atomic E-state index is 12.6. The molecule has 1 saturated heterocycles. The molecule has 0 saturated carbocycles. The van der Waals surface area contributed by atoms with Gasteiger partial charge in [0.1, 0.15) is 11.4 Å². The van der Waals surface area contributed by atoms with Gasteiger partial charge in [-0.15, -0.1) is 11.3 Å². The van der Waals surface area contributed by atoms with Crippen LogP contribution in [-0.4, -0.2) is 43.2 Å². The smallest absolute Gasteiger partial charge is 0.262 e. The zero-order valence-corrected chi connectivity index (χ0v) is 13.9. The fourth-order valence-electron chi connectivity index (χ4n) is 3.15. The van der Waals surface area contributed by atoms with Crippen molar-refractivity contribution in [3.05, 3.63) is 46.6 Å². The molecule has 4 heterocycles. The number of carbonyl (C=O) groups excluding carboxylic acids is 1. The van der Waals surface area contributed by atoms with E-state index in [1.807, 2.05) is 27.2 Å². The number of piperidine rings is 1. The second kappa shape index (κ2) is 6.20. The normalized spacial score (nSPS) is 18.2. The summed E-state index contributed by atoms with van der Waals surface area (Å²) in [7, 11) is 0. The van der Waals surface area contributed by atoms with Crippen molar-refractivity contribution >= 4 is 27.5 Å². The molecule has 0 unspecified atom stereocenters. The van der Waals surface area contributed by atoms with E-state index in [1.165, 1.54) is 22.2 Å². The van der Waals surface area contributed by atoms with E-state index in [-0.39, 0.29) is 24.1 Å². The number of hydrogen-bond donors (Lipinski definition) is 0. The fourth-order valence-corrected chi connectivity index (χ4v) is 3.87. The predicted molar refractivity (Wildman–Crippen MR) is 91.0 cm³/mol. The van der Waals surface area contributed by atoms with Crippen LogP contribution >= 0.6 is 11.3 Å². The summed E-state index contributed by atoms with van der Waals surface area (Å²) in [5.41, 5.74) is -0.157. The minimum Gasteiger partial charge on any atom is -0.339 e. The zero-order chi connectivity index (χ0) is 16.5. The molecule has 124 valence electrons. The van der Waals surface area contributed by atoms with E-state index in [1.54, 1.807) is 12.3 Å². The molecule has 0 spiro atoms. The van der Waals surface area contributed by atoms with Gasteiger partial charge in [0.05, 0.1) is 17.8 Å². The van der Waals surface area contributed by atoms with Gasteiger partial charge < -0.3 is 4.90 Å². The van der Waals surface area contributed by atoms with Crippen LogP contribution in [0, 0.1) is 0 Å². The monoisotopic (exact) mass is 343 g/mol. The van der Waals surface area contributed by atoms with Gasteiger partial charge in [-0.3, -0.25) is 18.8 Å². The van der Waals surface area contributed by atoms with E-state index >= 15 is 0 Å². The first-order valence-electron chi connectivity index (χ1n) is 7.92. The summed E-state index contributed by atoms with van der Waals surface area (Å²) < 4.78 is 3.31. The topological polar surface area (TPSA) is 73.0 Å². The van der Waals surface area contributed by atoms with E-state index in [9.17, 15) is 9.59 Å². The van der Waals surface area contributed by atoms with E-state index < -0.39 is 0 Å². The number of thiophene rings is 1. The molecule has 0 aliphatic carbocycles. The second-order valence-electron chi connectivity index (χ2n) is 5.94. The molecule has 1 aliphatic heterocycles. The molecule has 1 fully saturated rings. The minimum absolute atomic E-state index is 0.0312. The standard InChI is InChI=1S/C16H17N5O2S/c22-14(10-20-11-17-15-13(16(20)23)4-8-24-15)19-6-1-3-12(9-19)21-7-2-5-18-21/h2,4-5,7-8,11-12H,1,3,6,9-10H2/t12-/m0/s1. The zero-order valence-electron chi connectivity index (χ0n) is 13.0. The van der Waals surface area contributed by atoms with E-state index in [4.69, 9.17) is 0 Å². The van der Waals surface area contributed by atoms with Gasteiger partial charge in [-0.1, -0.05) is 0 Å². The Hall–Kier alpha value is -2.48.